The van der Waals surface area contributed by atoms with Crippen molar-refractivity contribution in [2.24, 2.45) is 0 Å². The number of ether oxygens (including phenoxy) is 2. The van der Waals surface area contributed by atoms with Crippen LogP contribution in [0.1, 0.15) is 12.1 Å². The fraction of sp³-hybridized carbons (Fsp3) is 0.353. The van der Waals surface area contributed by atoms with Crippen LogP contribution in [0.4, 0.5) is 13.2 Å². The Morgan fingerprint density at radius 3 is 2.63 bits per heavy atom. The molecule has 2 bridgehead atoms. The molecule has 0 radical (unpaired) electrons. The molecule has 0 aliphatic carbocycles. The van der Waals surface area contributed by atoms with Crippen LogP contribution >= 0.6 is 23.4 Å². The molecule has 2 saturated heterocycles. The van der Waals surface area contributed by atoms with Crippen molar-refractivity contribution >= 4 is 29.1 Å². The number of hydrogen-bond donors (Lipinski definition) is 0. The van der Waals surface area contributed by atoms with Crippen molar-refractivity contribution in [1.82, 2.24) is 9.97 Å². The van der Waals surface area contributed by atoms with E-state index in [0.29, 0.717) is 10.6 Å². The van der Waals surface area contributed by atoms with E-state index in [9.17, 15) is 18.0 Å². The standard InChI is InChI=1S/C17H12ClF3N2O3S/c18-9-3-1-8(2-4-9)10-5-14(17(19,20)21)23-16(22-10)27-13-6-11(24)15-25-7-12(13)26-15/h1-5,12-13,15H,6-7H2/t12-,13-,15-/m1/s1. The van der Waals surface area contributed by atoms with Gasteiger partial charge in [-0.1, -0.05) is 35.5 Å². The van der Waals surface area contributed by atoms with Crippen LogP contribution in [-0.4, -0.2) is 40.0 Å². The second-order valence-corrected chi connectivity index (χ2v) is 7.73. The summed E-state index contributed by atoms with van der Waals surface area (Å²) >= 11 is 6.83. The minimum atomic E-state index is -4.63. The molecular formula is C17H12ClF3N2O3S. The summed E-state index contributed by atoms with van der Waals surface area (Å²) in [6, 6.07) is 7.21. The zero-order valence-corrected chi connectivity index (χ0v) is 15.1. The van der Waals surface area contributed by atoms with Gasteiger partial charge in [0.1, 0.15) is 5.69 Å². The number of carbonyl (C=O) groups excluding carboxylic acids is 1. The number of halogens is 4. The average Bonchev–Trinajstić information content (AvgIpc) is 3.05. The van der Waals surface area contributed by atoms with Gasteiger partial charge in [0.05, 0.1) is 18.4 Å². The number of fused-ring (bicyclic) bond motifs is 2. The predicted octanol–water partition coefficient (Wildman–Crippen LogP) is 3.99. The van der Waals surface area contributed by atoms with Gasteiger partial charge in [0.2, 0.25) is 6.29 Å². The van der Waals surface area contributed by atoms with E-state index >= 15 is 0 Å². The number of alkyl halides is 3. The molecule has 3 heterocycles. The first kappa shape index (κ1) is 18.7. The van der Waals surface area contributed by atoms with Crippen LogP contribution in [-0.2, 0) is 20.4 Å². The largest absolute Gasteiger partial charge is 0.433 e. The summed E-state index contributed by atoms with van der Waals surface area (Å²) in [4.78, 5) is 19.8. The van der Waals surface area contributed by atoms with Crippen molar-refractivity contribution < 1.29 is 27.4 Å². The third-order valence-electron chi connectivity index (χ3n) is 4.18. The van der Waals surface area contributed by atoms with Crippen LogP contribution in [0.25, 0.3) is 11.3 Å². The number of benzene rings is 1. The average molecular weight is 417 g/mol. The number of ketones is 1. The Kier molecular flexibility index (Phi) is 4.87. The summed E-state index contributed by atoms with van der Waals surface area (Å²) in [5.41, 5.74) is -0.442. The number of nitrogens with zero attached hydrogens (tertiary/aromatic N) is 2. The Balaban J connectivity index is 1.68. The van der Waals surface area contributed by atoms with Crippen molar-refractivity contribution in [3.8, 4) is 11.3 Å². The lowest BCUT2D eigenvalue weighted by molar-refractivity contribution is -0.151. The number of rotatable bonds is 3. The van der Waals surface area contributed by atoms with E-state index in [1.54, 1.807) is 24.3 Å². The van der Waals surface area contributed by atoms with E-state index in [-0.39, 0.29) is 35.8 Å². The van der Waals surface area contributed by atoms with Crippen LogP contribution in [0.15, 0.2) is 35.5 Å². The fourth-order valence-corrected chi connectivity index (χ4v) is 4.09. The molecule has 27 heavy (non-hydrogen) atoms. The van der Waals surface area contributed by atoms with Gasteiger partial charge >= 0.3 is 6.18 Å². The zero-order valence-electron chi connectivity index (χ0n) is 13.6. The smallest absolute Gasteiger partial charge is 0.343 e. The van der Waals surface area contributed by atoms with Crippen molar-refractivity contribution in [3.63, 3.8) is 0 Å². The third-order valence-corrected chi connectivity index (χ3v) is 5.60. The maximum atomic E-state index is 13.3. The highest BCUT2D eigenvalue weighted by molar-refractivity contribution is 7.99. The summed E-state index contributed by atoms with van der Waals surface area (Å²) in [6.45, 7) is 0.219. The monoisotopic (exact) mass is 416 g/mol. The molecule has 10 heteroatoms. The maximum absolute atomic E-state index is 13.3. The van der Waals surface area contributed by atoms with Gasteiger partial charge in [-0.2, -0.15) is 13.2 Å². The van der Waals surface area contributed by atoms with Crippen LogP contribution in [0.5, 0.6) is 0 Å². The van der Waals surface area contributed by atoms with Gasteiger partial charge in [0.25, 0.3) is 0 Å². The molecule has 1 aromatic heterocycles. The molecule has 1 aromatic carbocycles. The van der Waals surface area contributed by atoms with Crippen LogP contribution in [0.2, 0.25) is 5.02 Å². The molecule has 3 atom stereocenters. The second-order valence-electron chi connectivity index (χ2n) is 6.09. The Morgan fingerprint density at radius 2 is 1.93 bits per heavy atom. The molecule has 142 valence electrons. The minimum absolute atomic E-state index is 0.0680. The van der Waals surface area contributed by atoms with Gasteiger partial charge in [0, 0.05) is 22.3 Å². The second kappa shape index (κ2) is 7.05. The quantitative estimate of drug-likeness (QED) is 0.705. The van der Waals surface area contributed by atoms with E-state index in [2.05, 4.69) is 9.97 Å². The first-order valence-electron chi connectivity index (χ1n) is 7.98. The number of carbonyl (C=O) groups is 1. The molecule has 2 fully saturated rings. The highest BCUT2D eigenvalue weighted by atomic mass is 35.5. The summed E-state index contributed by atoms with van der Waals surface area (Å²) in [7, 11) is 0. The van der Waals surface area contributed by atoms with Gasteiger partial charge in [-0.05, 0) is 18.2 Å². The number of hydrogen-bond acceptors (Lipinski definition) is 6. The molecule has 2 aliphatic heterocycles. The van der Waals surface area contributed by atoms with Crippen LogP contribution in [0.3, 0.4) is 0 Å². The molecule has 0 saturated carbocycles. The summed E-state index contributed by atoms with van der Waals surface area (Å²) in [6.07, 6.45) is -5.73. The number of Topliss-reactive ketones (excluding diaryl/α,β-unsaturated/α-hetero) is 1. The molecule has 0 spiro atoms. The molecule has 0 N–H and O–H groups in total. The van der Waals surface area contributed by atoms with E-state index in [4.69, 9.17) is 21.1 Å². The van der Waals surface area contributed by atoms with Crippen LogP contribution in [0, 0.1) is 0 Å². The maximum Gasteiger partial charge on any atom is 0.433 e. The molecule has 2 aliphatic rings. The molecule has 2 aromatic rings. The van der Waals surface area contributed by atoms with Crippen molar-refractivity contribution in [2.45, 2.75) is 35.4 Å². The molecule has 0 amide bonds. The summed E-state index contributed by atoms with van der Waals surface area (Å²) < 4.78 is 50.6. The van der Waals surface area contributed by atoms with Crippen molar-refractivity contribution in [3.05, 3.63) is 41.0 Å². The van der Waals surface area contributed by atoms with Gasteiger partial charge in [-0.25, -0.2) is 9.97 Å². The summed E-state index contributed by atoms with van der Waals surface area (Å²) in [5, 5.41) is -0.00793. The first-order chi connectivity index (χ1) is 12.8. The number of thioether (sulfide) groups is 1. The number of aromatic nitrogens is 2. The Bertz CT molecular complexity index is 879. The fourth-order valence-electron chi connectivity index (χ4n) is 2.85. The molecule has 0 unspecified atom stereocenters. The zero-order chi connectivity index (χ0) is 19.2. The minimum Gasteiger partial charge on any atom is -0.343 e. The van der Waals surface area contributed by atoms with E-state index < -0.39 is 23.4 Å². The lowest BCUT2D eigenvalue weighted by atomic mass is 10.1. The van der Waals surface area contributed by atoms with E-state index in [1.165, 1.54) is 0 Å². The van der Waals surface area contributed by atoms with Gasteiger partial charge in [-0.3, -0.25) is 4.79 Å². The van der Waals surface area contributed by atoms with Gasteiger partial charge in [-0.15, -0.1) is 0 Å². The topological polar surface area (TPSA) is 61.3 Å². The third kappa shape index (κ3) is 3.96. The molecular weight excluding hydrogens is 405 g/mol. The van der Waals surface area contributed by atoms with E-state index in [1.807, 2.05) is 0 Å². The van der Waals surface area contributed by atoms with Gasteiger partial charge in [0.15, 0.2) is 10.9 Å². The van der Waals surface area contributed by atoms with Crippen molar-refractivity contribution in [1.29, 1.82) is 0 Å². The Hall–Kier alpha value is -1.68. The highest BCUT2D eigenvalue weighted by Crippen LogP contribution is 2.38. The SMILES string of the molecule is O=C1C[C@@H](Sc2nc(-c3ccc(Cl)cc3)cc(C(F)(F)F)n2)[C@H]2CO[C@@H]1O2. The predicted molar refractivity (Wildman–Crippen MR) is 91.4 cm³/mol. The lowest BCUT2D eigenvalue weighted by Crippen LogP contribution is -2.37. The molecule has 4 rings (SSSR count). The Labute approximate surface area is 161 Å². The van der Waals surface area contributed by atoms with Crippen LogP contribution < -0.4 is 0 Å². The first-order valence-corrected chi connectivity index (χ1v) is 9.24. The Morgan fingerprint density at radius 1 is 1.19 bits per heavy atom. The molecule has 5 nitrogen and oxygen atoms in total. The summed E-state index contributed by atoms with van der Waals surface area (Å²) in [5.74, 6) is -0.230. The highest BCUT2D eigenvalue weighted by Gasteiger charge is 2.44. The lowest BCUT2D eigenvalue weighted by Gasteiger charge is -2.25. The van der Waals surface area contributed by atoms with E-state index in [0.717, 1.165) is 17.8 Å². The van der Waals surface area contributed by atoms with Gasteiger partial charge < -0.3 is 9.47 Å². The normalized spacial score (nSPS) is 25.0. The van der Waals surface area contributed by atoms with Crippen molar-refractivity contribution in [2.75, 3.05) is 6.61 Å².